The SMILES string of the molecule is Cn1ncc(N)c1-c1ccccc1F. The fraction of sp³-hybridized carbons (Fsp3) is 0.100. The Kier molecular flexibility index (Phi) is 1.96. The highest BCUT2D eigenvalue weighted by Gasteiger charge is 2.11. The molecule has 0 radical (unpaired) electrons. The molecule has 0 amide bonds. The minimum atomic E-state index is -0.289. The van der Waals surface area contributed by atoms with E-state index in [9.17, 15) is 4.39 Å². The molecule has 0 fully saturated rings. The van der Waals surface area contributed by atoms with Crippen LogP contribution in [0, 0.1) is 5.82 Å². The van der Waals surface area contributed by atoms with Crippen LogP contribution in [0.25, 0.3) is 11.3 Å². The van der Waals surface area contributed by atoms with Gasteiger partial charge in [-0.1, -0.05) is 12.1 Å². The van der Waals surface area contributed by atoms with Crippen molar-refractivity contribution in [3.63, 3.8) is 0 Å². The third kappa shape index (κ3) is 1.25. The molecule has 1 heterocycles. The van der Waals surface area contributed by atoms with Gasteiger partial charge in [0.15, 0.2) is 0 Å². The molecule has 0 spiro atoms. The summed E-state index contributed by atoms with van der Waals surface area (Å²) in [4.78, 5) is 0. The number of nitrogens with two attached hydrogens (primary N) is 1. The number of nitrogens with zero attached hydrogens (tertiary/aromatic N) is 2. The highest BCUT2D eigenvalue weighted by molar-refractivity contribution is 5.72. The number of halogens is 1. The average Bonchev–Trinajstić information content (AvgIpc) is 2.48. The summed E-state index contributed by atoms with van der Waals surface area (Å²) in [7, 11) is 1.73. The standard InChI is InChI=1S/C10H10FN3/c1-14-10(9(12)6-13-14)7-4-2-3-5-8(7)11/h2-6H,12H2,1H3. The third-order valence-electron chi connectivity index (χ3n) is 2.10. The van der Waals surface area contributed by atoms with E-state index in [1.165, 1.54) is 12.3 Å². The maximum absolute atomic E-state index is 13.4. The van der Waals surface area contributed by atoms with Gasteiger partial charge in [0.2, 0.25) is 0 Å². The van der Waals surface area contributed by atoms with Crippen molar-refractivity contribution in [2.24, 2.45) is 7.05 Å². The zero-order chi connectivity index (χ0) is 10.1. The number of hydrogen-bond donors (Lipinski definition) is 1. The number of benzene rings is 1. The molecule has 1 aromatic carbocycles. The number of anilines is 1. The number of hydrogen-bond acceptors (Lipinski definition) is 2. The molecule has 0 saturated heterocycles. The molecule has 3 nitrogen and oxygen atoms in total. The zero-order valence-corrected chi connectivity index (χ0v) is 7.74. The van der Waals surface area contributed by atoms with E-state index in [-0.39, 0.29) is 5.82 Å². The molecule has 0 aliphatic rings. The summed E-state index contributed by atoms with van der Waals surface area (Å²) in [6.07, 6.45) is 1.52. The average molecular weight is 191 g/mol. The van der Waals surface area contributed by atoms with Crippen LogP contribution < -0.4 is 5.73 Å². The van der Waals surface area contributed by atoms with Gasteiger partial charge in [-0.2, -0.15) is 5.10 Å². The number of aromatic nitrogens is 2. The second kappa shape index (κ2) is 3.14. The van der Waals surface area contributed by atoms with Gasteiger partial charge in [0.25, 0.3) is 0 Å². The van der Waals surface area contributed by atoms with Crippen molar-refractivity contribution in [1.29, 1.82) is 0 Å². The van der Waals surface area contributed by atoms with Gasteiger partial charge in [0.05, 0.1) is 17.6 Å². The molecule has 0 unspecified atom stereocenters. The molecule has 0 atom stereocenters. The van der Waals surface area contributed by atoms with Crippen molar-refractivity contribution in [1.82, 2.24) is 9.78 Å². The highest BCUT2D eigenvalue weighted by Crippen LogP contribution is 2.26. The molecule has 0 saturated carbocycles. The summed E-state index contributed by atoms with van der Waals surface area (Å²) in [5, 5.41) is 3.96. The Balaban J connectivity index is 2.66. The predicted octanol–water partition coefficient (Wildman–Crippen LogP) is 1.81. The van der Waals surface area contributed by atoms with Crippen molar-refractivity contribution in [2.75, 3.05) is 5.73 Å². The van der Waals surface area contributed by atoms with E-state index in [0.717, 1.165) is 0 Å². The Morgan fingerprint density at radius 2 is 2.07 bits per heavy atom. The Morgan fingerprint density at radius 1 is 1.36 bits per heavy atom. The first kappa shape index (κ1) is 8.74. The zero-order valence-electron chi connectivity index (χ0n) is 7.74. The Hall–Kier alpha value is -1.84. The van der Waals surface area contributed by atoms with E-state index in [1.54, 1.807) is 29.9 Å². The van der Waals surface area contributed by atoms with Crippen LogP contribution in [0.1, 0.15) is 0 Å². The van der Waals surface area contributed by atoms with Crippen LogP contribution in [-0.2, 0) is 7.05 Å². The molecule has 2 aromatic rings. The maximum Gasteiger partial charge on any atom is 0.132 e. The van der Waals surface area contributed by atoms with Crippen LogP contribution in [0.15, 0.2) is 30.5 Å². The van der Waals surface area contributed by atoms with Crippen LogP contribution >= 0.6 is 0 Å². The first-order valence-corrected chi connectivity index (χ1v) is 4.22. The van der Waals surface area contributed by atoms with E-state index in [2.05, 4.69) is 5.10 Å². The molecular formula is C10H10FN3. The number of rotatable bonds is 1. The molecule has 14 heavy (non-hydrogen) atoms. The van der Waals surface area contributed by atoms with Crippen molar-refractivity contribution >= 4 is 5.69 Å². The van der Waals surface area contributed by atoms with E-state index in [4.69, 9.17) is 5.73 Å². The van der Waals surface area contributed by atoms with Gasteiger partial charge in [-0.05, 0) is 12.1 Å². The highest BCUT2D eigenvalue weighted by atomic mass is 19.1. The fourth-order valence-electron chi connectivity index (χ4n) is 1.44. The normalized spacial score (nSPS) is 10.4. The van der Waals surface area contributed by atoms with Gasteiger partial charge in [-0.3, -0.25) is 4.68 Å². The first-order valence-electron chi connectivity index (χ1n) is 4.22. The molecule has 72 valence electrons. The topological polar surface area (TPSA) is 43.8 Å². The minimum absolute atomic E-state index is 0.289. The van der Waals surface area contributed by atoms with Crippen LogP contribution in [0.5, 0.6) is 0 Å². The largest absolute Gasteiger partial charge is 0.396 e. The third-order valence-corrected chi connectivity index (χ3v) is 2.10. The fourth-order valence-corrected chi connectivity index (χ4v) is 1.44. The van der Waals surface area contributed by atoms with Gasteiger partial charge in [0, 0.05) is 12.6 Å². The molecule has 1 aromatic heterocycles. The lowest BCUT2D eigenvalue weighted by Gasteiger charge is -2.04. The summed E-state index contributed by atoms with van der Waals surface area (Å²) in [5.41, 5.74) is 7.27. The Labute approximate surface area is 81.0 Å². The molecule has 0 bridgehead atoms. The molecule has 4 heteroatoms. The number of aryl methyl sites for hydroxylation is 1. The summed E-state index contributed by atoms with van der Waals surface area (Å²) < 4.78 is 15.0. The second-order valence-electron chi connectivity index (χ2n) is 3.05. The molecule has 2 rings (SSSR count). The minimum Gasteiger partial charge on any atom is -0.396 e. The van der Waals surface area contributed by atoms with E-state index in [0.29, 0.717) is 16.9 Å². The van der Waals surface area contributed by atoms with E-state index >= 15 is 0 Å². The van der Waals surface area contributed by atoms with Gasteiger partial charge >= 0.3 is 0 Å². The molecular weight excluding hydrogens is 181 g/mol. The van der Waals surface area contributed by atoms with Gasteiger partial charge in [-0.15, -0.1) is 0 Å². The molecule has 2 N–H and O–H groups in total. The van der Waals surface area contributed by atoms with Crippen molar-refractivity contribution in [3.05, 3.63) is 36.3 Å². The van der Waals surface area contributed by atoms with Crippen LogP contribution in [0.2, 0.25) is 0 Å². The summed E-state index contributed by atoms with van der Waals surface area (Å²) in [6, 6.07) is 6.50. The summed E-state index contributed by atoms with van der Waals surface area (Å²) in [6.45, 7) is 0. The lowest BCUT2D eigenvalue weighted by molar-refractivity contribution is 0.628. The van der Waals surface area contributed by atoms with Crippen LogP contribution in [-0.4, -0.2) is 9.78 Å². The van der Waals surface area contributed by atoms with Crippen LogP contribution in [0.4, 0.5) is 10.1 Å². The lowest BCUT2D eigenvalue weighted by Crippen LogP contribution is -1.97. The van der Waals surface area contributed by atoms with Crippen LogP contribution in [0.3, 0.4) is 0 Å². The van der Waals surface area contributed by atoms with Crippen molar-refractivity contribution < 1.29 is 4.39 Å². The maximum atomic E-state index is 13.4. The summed E-state index contributed by atoms with van der Waals surface area (Å²) >= 11 is 0. The molecule has 0 aliphatic carbocycles. The smallest absolute Gasteiger partial charge is 0.132 e. The molecule has 0 aliphatic heterocycles. The van der Waals surface area contributed by atoms with Crippen molar-refractivity contribution in [3.8, 4) is 11.3 Å². The van der Waals surface area contributed by atoms with E-state index < -0.39 is 0 Å². The Bertz CT molecular complexity index is 443. The number of nitrogen functional groups attached to an aromatic ring is 1. The predicted molar refractivity (Wildman–Crippen MR) is 53.0 cm³/mol. The van der Waals surface area contributed by atoms with Gasteiger partial charge < -0.3 is 5.73 Å². The van der Waals surface area contributed by atoms with Gasteiger partial charge in [0.1, 0.15) is 5.82 Å². The van der Waals surface area contributed by atoms with Crippen molar-refractivity contribution in [2.45, 2.75) is 0 Å². The Morgan fingerprint density at radius 3 is 2.64 bits per heavy atom. The lowest BCUT2D eigenvalue weighted by atomic mass is 10.1. The quantitative estimate of drug-likeness (QED) is 0.747. The first-order chi connectivity index (χ1) is 6.70. The van der Waals surface area contributed by atoms with Gasteiger partial charge in [-0.25, -0.2) is 4.39 Å². The van der Waals surface area contributed by atoms with E-state index in [1.807, 2.05) is 0 Å². The summed E-state index contributed by atoms with van der Waals surface area (Å²) in [5.74, 6) is -0.289. The monoisotopic (exact) mass is 191 g/mol. The second-order valence-corrected chi connectivity index (χ2v) is 3.05.